The summed E-state index contributed by atoms with van der Waals surface area (Å²) in [5.41, 5.74) is 0.409. The third kappa shape index (κ3) is 5.24. The summed E-state index contributed by atoms with van der Waals surface area (Å²) in [6.07, 6.45) is 4.97. The van der Waals surface area contributed by atoms with Crippen molar-refractivity contribution in [3.8, 4) is 0 Å². The molecule has 0 bridgehead atoms. The molecule has 1 aromatic heterocycles. The van der Waals surface area contributed by atoms with Crippen molar-refractivity contribution in [1.29, 1.82) is 0 Å². The Morgan fingerprint density at radius 2 is 2.31 bits per heavy atom. The molecule has 86 valence electrons. The molecule has 4 heteroatoms. The summed E-state index contributed by atoms with van der Waals surface area (Å²) in [6, 6.07) is 3.68. The van der Waals surface area contributed by atoms with Crippen LogP contribution in [0.3, 0.4) is 0 Å². The van der Waals surface area contributed by atoms with E-state index < -0.39 is 5.60 Å². The summed E-state index contributed by atoms with van der Waals surface area (Å²) in [5.74, 6) is -0.326. The summed E-state index contributed by atoms with van der Waals surface area (Å²) in [7, 11) is 0. The van der Waals surface area contributed by atoms with E-state index in [1.807, 2.05) is 32.9 Å². The van der Waals surface area contributed by atoms with Crippen molar-refractivity contribution in [2.75, 3.05) is 6.54 Å². The Balaban J connectivity index is 2.41. The van der Waals surface area contributed by atoms with Gasteiger partial charge in [0, 0.05) is 24.2 Å². The summed E-state index contributed by atoms with van der Waals surface area (Å²) in [5, 5.41) is 0. The standard InChI is InChI=1S/C12H16N2O2/c1-12(2,3)16-11(15)9-14-8-10-5-4-6-13-7-10/h4-8H,9H2,1-3H3. The van der Waals surface area contributed by atoms with Gasteiger partial charge in [-0.25, -0.2) is 0 Å². The maximum Gasteiger partial charge on any atom is 0.328 e. The molecular weight excluding hydrogens is 204 g/mol. The summed E-state index contributed by atoms with van der Waals surface area (Å²) < 4.78 is 5.11. The molecule has 0 aliphatic carbocycles. The fourth-order valence-electron chi connectivity index (χ4n) is 1.05. The van der Waals surface area contributed by atoms with E-state index >= 15 is 0 Å². The van der Waals surface area contributed by atoms with Gasteiger partial charge < -0.3 is 4.74 Å². The molecular formula is C12H16N2O2. The SMILES string of the molecule is CC(C)(C)OC(=O)CN=Cc1cccnc1. The molecule has 0 saturated heterocycles. The number of rotatable bonds is 3. The maximum atomic E-state index is 11.3. The van der Waals surface area contributed by atoms with E-state index in [2.05, 4.69) is 9.98 Å². The zero-order valence-electron chi connectivity index (χ0n) is 9.80. The summed E-state index contributed by atoms with van der Waals surface area (Å²) in [4.78, 5) is 19.2. The Labute approximate surface area is 95.4 Å². The van der Waals surface area contributed by atoms with Gasteiger partial charge in [0.1, 0.15) is 12.1 Å². The van der Waals surface area contributed by atoms with Gasteiger partial charge in [0.15, 0.2) is 0 Å². The maximum absolute atomic E-state index is 11.3. The van der Waals surface area contributed by atoms with Gasteiger partial charge in [-0.15, -0.1) is 0 Å². The Kier molecular flexibility index (Phi) is 4.17. The number of aliphatic imine (C=N–C) groups is 1. The molecule has 0 unspecified atom stereocenters. The number of esters is 1. The first-order chi connectivity index (χ1) is 7.47. The number of ether oxygens (including phenoxy) is 1. The van der Waals surface area contributed by atoms with Gasteiger partial charge in [0.05, 0.1) is 0 Å². The van der Waals surface area contributed by atoms with Crippen molar-refractivity contribution < 1.29 is 9.53 Å². The van der Waals surface area contributed by atoms with Crippen molar-refractivity contribution in [1.82, 2.24) is 4.98 Å². The Bertz CT molecular complexity index is 366. The lowest BCUT2D eigenvalue weighted by molar-refractivity contribution is -0.152. The van der Waals surface area contributed by atoms with Gasteiger partial charge in [-0.3, -0.25) is 14.8 Å². The predicted octanol–water partition coefficient (Wildman–Crippen LogP) is 1.84. The number of carbonyl (C=O) groups is 1. The number of hydrogen-bond acceptors (Lipinski definition) is 4. The number of aromatic nitrogens is 1. The lowest BCUT2D eigenvalue weighted by atomic mass is 10.2. The van der Waals surface area contributed by atoms with Crippen LogP contribution in [-0.2, 0) is 9.53 Å². The first-order valence-electron chi connectivity index (χ1n) is 5.09. The second-order valence-corrected chi connectivity index (χ2v) is 4.34. The Morgan fingerprint density at radius 1 is 1.56 bits per heavy atom. The van der Waals surface area contributed by atoms with E-state index in [1.54, 1.807) is 18.6 Å². The summed E-state index contributed by atoms with van der Waals surface area (Å²) >= 11 is 0. The quantitative estimate of drug-likeness (QED) is 0.577. The average molecular weight is 220 g/mol. The number of pyridine rings is 1. The minimum Gasteiger partial charge on any atom is -0.459 e. The number of carbonyl (C=O) groups excluding carboxylic acids is 1. The fraction of sp³-hybridized carbons (Fsp3) is 0.417. The molecule has 0 N–H and O–H groups in total. The lowest BCUT2D eigenvalue weighted by Crippen LogP contribution is -2.25. The molecule has 0 saturated carbocycles. The minimum absolute atomic E-state index is 0.0339. The van der Waals surface area contributed by atoms with E-state index in [0.29, 0.717) is 0 Å². The highest BCUT2D eigenvalue weighted by atomic mass is 16.6. The van der Waals surface area contributed by atoms with E-state index in [-0.39, 0.29) is 12.5 Å². The van der Waals surface area contributed by atoms with Crippen LogP contribution in [0.2, 0.25) is 0 Å². The van der Waals surface area contributed by atoms with Crippen molar-refractivity contribution in [3.63, 3.8) is 0 Å². The molecule has 1 aromatic rings. The Morgan fingerprint density at radius 3 is 2.88 bits per heavy atom. The van der Waals surface area contributed by atoms with Gasteiger partial charge in [-0.1, -0.05) is 6.07 Å². The van der Waals surface area contributed by atoms with E-state index in [0.717, 1.165) is 5.56 Å². The second-order valence-electron chi connectivity index (χ2n) is 4.34. The van der Waals surface area contributed by atoms with Crippen LogP contribution in [-0.4, -0.2) is 29.3 Å². The van der Waals surface area contributed by atoms with Crippen LogP contribution in [0, 0.1) is 0 Å². The van der Waals surface area contributed by atoms with Gasteiger partial charge in [0.25, 0.3) is 0 Å². The van der Waals surface area contributed by atoms with Crippen LogP contribution >= 0.6 is 0 Å². The average Bonchev–Trinajstić information content (AvgIpc) is 2.16. The van der Waals surface area contributed by atoms with Crippen molar-refractivity contribution in [2.45, 2.75) is 26.4 Å². The van der Waals surface area contributed by atoms with Crippen molar-refractivity contribution >= 4 is 12.2 Å². The van der Waals surface area contributed by atoms with Crippen molar-refractivity contribution in [3.05, 3.63) is 30.1 Å². The highest BCUT2D eigenvalue weighted by molar-refractivity contribution is 5.81. The van der Waals surface area contributed by atoms with Crippen LogP contribution in [0.4, 0.5) is 0 Å². The third-order valence-electron chi connectivity index (χ3n) is 1.57. The van der Waals surface area contributed by atoms with Crippen LogP contribution < -0.4 is 0 Å². The molecule has 0 spiro atoms. The first kappa shape index (κ1) is 12.4. The van der Waals surface area contributed by atoms with E-state index in [4.69, 9.17) is 4.74 Å². The molecule has 16 heavy (non-hydrogen) atoms. The van der Waals surface area contributed by atoms with Gasteiger partial charge in [0.2, 0.25) is 0 Å². The van der Waals surface area contributed by atoms with Gasteiger partial charge >= 0.3 is 5.97 Å². The fourth-order valence-corrected chi connectivity index (χ4v) is 1.05. The highest BCUT2D eigenvalue weighted by Crippen LogP contribution is 2.06. The third-order valence-corrected chi connectivity index (χ3v) is 1.57. The minimum atomic E-state index is -0.457. The second kappa shape index (κ2) is 5.39. The normalized spacial score (nSPS) is 11.7. The molecule has 0 radical (unpaired) electrons. The molecule has 0 aromatic carbocycles. The molecule has 4 nitrogen and oxygen atoms in total. The van der Waals surface area contributed by atoms with E-state index in [1.165, 1.54) is 0 Å². The topological polar surface area (TPSA) is 51.5 Å². The van der Waals surface area contributed by atoms with Gasteiger partial charge in [-0.2, -0.15) is 0 Å². The molecule has 0 aliphatic heterocycles. The molecule has 1 heterocycles. The monoisotopic (exact) mass is 220 g/mol. The van der Waals surface area contributed by atoms with Crippen LogP contribution in [0.15, 0.2) is 29.5 Å². The van der Waals surface area contributed by atoms with Crippen LogP contribution in [0.25, 0.3) is 0 Å². The largest absolute Gasteiger partial charge is 0.459 e. The van der Waals surface area contributed by atoms with Crippen molar-refractivity contribution in [2.24, 2.45) is 4.99 Å². The molecule has 0 atom stereocenters. The lowest BCUT2D eigenvalue weighted by Gasteiger charge is -2.18. The number of nitrogens with zero attached hydrogens (tertiary/aromatic N) is 2. The Hall–Kier alpha value is -1.71. The van der Waals surface area contributed by atoms with Crippen LogP contribution in [0.5, 0.6) is 0 Å². The van der Waals surface area contributed by atoms with Gasteiger partial charge in [-0.05, 0) is 26.8 Å². The van der Waals surface area contributed by atoms with E-state index in [9.17, 15) is 4.79 Å². The molecule has 0 aliphatic rings. The first-order valence-corrected chi connectivity index (χ1v) is 5.09. The molecule has 0 amide bonds. The smallest absolute Gasteiger partial charge is 0.328 e. The zero-order valence-corrected chi connectivity index (χ0v) is 9.80. The highest BCUT2D eigenvalue weighted by Gasteiger charge is 2.15. The van der Waals surface area contributed by atoms with Crippen LogP contribution in [0.1, 0.15) is 26.3 Å². The predicted molar refractivity (Wildman–Crippen MR) is 62.5 cm³/mol. The summed E-state index contributed by atoms with van der Waals surface area (Å²) in [6.45, 7) is 5.52. The molecule has 1 rings (SSSR count). The zero-order chi connectivity index (χ0) is 12.0. The number of hydrogen-bond donors (Lipinski definition) is 0. The molecule has 0 fully saturated rings.